The molecule has 3 rings (SSSR count). The van der Waals surface area contributed by atoms with Gasteiger partial charge in [0.1, 0.15) is 0 Å². The van der Waals surface area contributed by atoms with Gasteiger partial charge in [-0.3, -0.25) is 0 Å². The molecule has 19 heavy (non-hydrogen) atoms. The van der Waals surface area contributed by atoms with E-state index in [1.54, 1.807) is 4.68 Å². The van der Waals surface area contributed by atoms with Crippen molar-refractivity contribution in [3.05, 3.63) is 43.2 Å². The Labute approximate surface area is 132 Å². The molecule has 1 heterocycles. The lowest BCUT2D eigenvalue weighted by Crippen LogP contribution is -2.06. The first-order valence-electron chi connectivity index (χ1n) is 5.87. The van der Waals surface area contributed by atoms with Gasteiger partial charge >= 0.3 is 5.97 Å². The lowest BCUT2D eigenvalue weighted by molar-refractivity contribution is 0.0689. The molecule has 2 aromatic rings. The second kappa shape index (κ2) is 4.90. The van der Waals surface area contributed by atoms with Gasteiger partial charge in [-0.05, 0) is 60.1 Å². The molecule has 0 spiro atoms. The molecule has 1 aliphatic carbocycles. The van der Waals surface area contributed by atoms with Crippen LogP contribution in [-0.4, -0.2) is 20.9 Å². The van der Waals surface area contributed by atoms with E-state index in [0.717, 1.165) is 44.3 Å². The van der Waals surface area contributed by atoms with Gasteiger partial charge in [0.05, 0.1) is 5.69 Å². The predicted octanol–water partition coefficient (Wildman–Crippen LogP) is 3.43. The van der Waals surface area contributed by atoms with Crippen LogP contribution in [0.2, 0.25) is 0 Å². The number of carbonyl (C=O) groups is 1. The van der Waals surface area contributed by atoms with E-state index < -0.39 is 5.97 Å². The first-order chi connectivity index (χ1) is 9.08. The van der Waals surface area contributed by atoms with Crippen LogP contribution in [0, 0.1) is 3.57 Å². The van der Waals surface area contributed by atoms with Crippen molar-refractivity contribution in [2.24, 2.45) is 0 Å². The highest BCUT2D eigenvalue weighted by atomic mass is 127. The number of benzene rings is 1. The van der Waals surface area contributed by atoms with E-state index in [0.29, 0.717) is 0 Å². The summed E-state index contributed by atoms with van der Waals surface area (Å²) in [7, 11) is 0. The second-order valence-electron chi connectivity index (χ2n) is 4.44. The van der Waals surface area contributed by atoms with Gasteiger partial charge in [0.2, 0.25) is 0 Å². The standard InChI is InChI=1S/C13H10BrIN2O2/c14-7-4-5-9(15)11(6-7)17-10-3-1-2-8(10)12(16-17)13(18)19/h4-6H,1-3H2,(H,18,19). The zero-order valence-corrected chi connectivity index (χ0v) is 13.6. The average Bonchev–Trinajstić information content (AvgIpc) is 2.93. The van der Waals surface area contributed by atoms with Gasteiger partial charge in [-0.25, -0.2) is 9.48 Å². The lowest BCUT2D eigenvalue weighted by Gasteiger charge is -2.08. The maximum Gasteiger partial charge on any atom is 0.356 e. The number of rotatable bonds is 2. The third-order valence-corrected chi connectivity index (χ3v) is 4.67. The molecular formula is C13H10BrIN2O2. The molecule has 98 valence electrons. The lowest BCUT2D eigenvalue weighted by atomic mass is 10.2. The van der Waals surface area contributed by atoms with Crippen molar-refractivity contribution in [1.82, 2.24) is 9.78 Å². The van der Waals surface area contributed by atoms with Crippen molar-refractivity contribution < 1.29 is 9.90 Å². The zero-order valence-electron chi connectivity index (χ0n) is 9.86. The van der Waals surface area contributed by atoms with Crippen LogP contribution in [0.1, 0.15) is 28.2 Å². The Bertz CT molecular complexity index is 682. The number of halogens is 2. The molecule has 6 heteroatoms. The van der Waals surface area contributed by atoms with Gasteiger partial charge in [-0.2, -0.15) is 5.10 Å². The third-order valence-electron chi connectivity index (χ3n) is 3.27. The summed E-state index contributed by atoms with van der Waals surface area (Å²) in [6, 6.07) is 5.93. The first-order valence-corrected chi connectivity index (χ1v) is 7.74. The number of nitrogens with zero attached hydrogens (tertiary/aromatic N) is 2. The van der Waals surface area contributed by atoms with E-state index in [1.807, 2.05) is 18.2 Å². The van der Waals surface area contributed by atoms with Crippen LogP contribution < -0.4 is 0 Å². The number of aromatic carboxylic acids is 1. The van der Waals surface area contributed by atoms with E-state index in [-0.39, 0.29) is 5.69 Å². The van der Waals surface area contributed by atoms with Crippen molar-refractivity contribution in [1.29, 1.82) is 0 Å². The van der Waals surface area contributed by atoms with Crippen molar-refractivity contribution in [3.63, 3.8) is 0 Å². The minimum absolute atomic E-state index is 0.197. The molecule has 0 radical (unpaired) electrons. The van der Waals surface area contributed by atoms with Gasteiger partial charge in [0.25, 0.3) is 0 Å². The highest BCUT2D eigenvalue weighted by molar-refractivity contribution is 14.1. The summed E-state index contributed by atoms with van der Waals surface area (Å²) < 4.78 is 3.80. The van der Waals surface area contributed by atoms with Gasteiger partial charge < -0.3 is 5.11 Å². The second-order valence-corrected chi connectivity index (χ2v) is 6.52. The molecule has 0 unspecified atom stereocenters. The topological polar surface area (TPSA) is 55.1 Å². The van der Waals surface area contributed by atoms with Crippen LogP contribution in [0.25, 0.3) is 5.69 Å². The molecule has 0 aliphatic heterocycles. The van der Waals surface area contributed by atoms with Gasteiger partial charge in [-0.1, -0.05) is 15.9 Å². The Kier molecular flexibility index (Phi) is 3.38. The van der Waals surface area contributed by atoms with E-state index in [1.165, 1.54) is 0 Å². The molecular weight excluding hydrogens is 423 g/mol. The molecule has 1 aliphatic rings. The van der Waals surface area contributed by atoms with Crippen molar-refractivity contribution in [2.45, 2.75) is 19.3 Å². The molecule has 0 saturated heterocycles. The summed E-state index contributed by atoms with van der Waals surface area (Å²) in [6.45, 7) is 0. The maximum atomic E-state index is 11.3. The van der Waals surface area contributed by atoms with Gasteiger partial charge in [0.15, 0.2) is 5.69 Å². The van der Waals surface area contributed by atoms with Crippen molar-refractivity contribution in [3.8, 4) is 5.69 Å². The summed E-state index contributed by atoms with van der Waals surface area (Å²) in [5, 5.41) is 13.5. The molecule has 1 aromatic carbocycles. The summed E-state index contributed by atoms with van der Waals surface area (Å²) in [4.78, 5) is 11.3. The summed E-state index contributed by atoms with van der Waals surface area (Å²) in [5.74, 6) is -0.943. The minimum Gasteiger partial charge on any atom is -0.476 e. The molecule has 1 N–H and O–H groups in total. The fourth-order valence-electron chi connectivity index (χ4n) is 2.46. The SMILES string of the molecule is O=C(O)c1nn(-c2cc(Br)ccc2I)c2c1CCC2. The van der Waals surface area contributed by atoms with Crippen LogP contribution in [-0.2, 0) is 12.8 Å². The average molecular weight is 433 g/mol. The smallest absolute Gasteiger partial charge is 0.356 e. The van der Waals surface area contributed by atoms with Crippen molar-refractivity contribution >= 4 is 44.5 Å². The first kappa shape index (κ1) is 13.1. The van der Waals surface area contributed by atoms with E-state index >= 15 is 0 Å². The fourth-order valence-corrected chi connectivity index (χ4v) is 3.37. The fraction of sp³-hybridized carbons (Fsp3) is 0.231. The van der Waals surface area contributed by atoms with E-state index in [4.69, 9.17) is 0 Å². The maximum absolute atomic E-state index is 11.3. The van der Waals surface area contributed by atoms with Crippen molar-refractivity contribution in [2.75, 3.05) is 0 Å². The highest BCUT2D eigenvalue weighted by Crippen LogP contribution is 2.30. The largest absolute Gasteiger partial charge is 0.476 e. The minimum atomic E-state index is -0.943. The Balaban J connectivity index is 2.23. The highest BCUT2D eigenvalue weighted by Gasteiger charge is 2.27. The zero-order chi connectivity index (χ0) is 13.6. The molecule has 1 aromatic heterocycles. The van der Waals surface area contributed by atoms with Gasteiger partial charge in [-0.15, -0.1) is 0 Å². The number of aromatic nitrogens is 2. The van der Waals surface area contributed by atoms with Crippen LogP contribution in [0.15, 0.2) is 22.7 Å². The number of fused-ring (bicyclic) bond motifs is 1. The van der Waals surface area contributed by atoms with Crippen LogP contribution in [0.4, 0.5) is 0 Å². The summed E-state index contributed by atoms with van der Waals surface area (Å²) in [5.41, 5.74) is 3.06. The molecule has 0 bridgehead atoms. The molecule has 0 atom stereocenters. The molecule has 0 fully saturated rings. The molecule has 0 amide bonds. The Morgan fingerprint density at radius 2 is 2.21 bits per heavy atom. The summed E-state index contributed by atoms with van der Waals surface area (Å²) >= 11 is 5.69. The number of carboxylic acid groups (broad SMARTS) is 1. The number of hydrogen-bond donors (Lipinski definition) is 1. The Hall–Kier alpha value is -0.890. The normalized spacial score (nSPS) is 13.6. The predicted molar refractivity (Wildman–Crippen MR) is 83.0 cm³/mol. The quantitative estimate of drug-likeness (QED) is 0.739. The monoisotopic (exact) mass is 432 g/mol. The third kappa shape index (κ3) is 2.20. The Morgan fingerprint density at radius 1 is 1.42 bits per heavy atom. The van der Waals surface area contributed by atoms with Crippen LogP contribution >= 0.6 is 38.5 Å². The number of carboxylic acids is 1. The number of hydrogen-bond acceptors (Lipinski definition) is 2. The summed E-state index contributed by atoms with van der Waals surface area (Å²) in [6.07, 6.45) is 2.69. The molecule has 0 saturated carbocycles. The van der Waals surface area contributed by atoms with E-state index in [2.05, 4.69) is 43.6 Å². The van der Waals surface area contributed by atoms with Crippen LogP contribution in [0.3, 0.4) is 0 Å². The van der Waals surface area contributed by atoms with Crippen LogP contribution in [0.5, 0.6) is 0 Å². The molecule has 4 nitrogen and oxygen atoms in total. The van der Waals surface area contributed by atoms with Gasteiger partial charge in [0, 0.05) is 19.3 Å². The Morgan fingerprint density at radius 3 is 2.95 bits per heavy atom. The van der Waals surface area contributed by atoms with E-state index in [9.17, 15) is 9.90 Å².